The molecular weight excluding hydrogens is 398 g/mol. The van der Waals surface area contributed by atoms with Crippen LogP contribution < -0.4 is 15.4 Å². The smallest absolute Gasteiger partial charge is 0.251 e. The Bertz CT molecular complexity index is 937. The first-order chi connectivity index (χ1) is 13.8. The van der Waals surface area contributed by atoms with Crippen LogP contribution in [0.4, 0.5) is 0 Å². The van der Waals surface area contributed by atoms with Gasteiger partial charge in [0, 0.05) is 18.7 Å². The van der Waals surface area contributed by atoms with Crippen LogP contribution in [-0.2, 0) is 21.4 Å². The average molecular weight is 423 g/mol. The third-order valence-electron chi connectivity index (χ3n) is 4.20. The SMILES string of the molecule is CCN(CC)S(=O)(=O)c1cc(C(=O)NCC(=O)NCc2ccco2)ccc1OC. The Kier molecular flexibility index (Phi) is 7.80. The van der Waals surface area contributed by atoms with Gasteiger partial charge in [-0.1, -0.05) is 13.8 Å². The summed E-state index contributed by atoms with van der Waals surface area (Å²) in [6.07, 6.45) is 1.50. The van der Waals surface area contributed by atoms with Gasteiger partial charge in [-0.3, -0.25) is 9.59 Å². The number of furan rings is 1. The molecule has 0 saturated heterocycles. The molecule has 0 atom stereocenters. The van der Waals surface area contributed by atoms with Crippen LogP contribution in [0.2, 0.25) is 0 Å². The first kappa shape index (κ1) is 22.4. The summed E-state index contributed by atoms with van der Waals surface area (Å²) >= 11 is 0. The van der Waals surface area contributed by atoms with Crippen molar-refractivity contribution in [1.82, 2.24) is 14.9 Å². The number of hydrogen-bond donors (Lipinski definition) is 2. The van der Waals surface area contributed by atoms with Crippen molar-refractivity contribution in [3.63, 3.8) is 0 Å². The molecule has 1 heterocycles. The van der Waals surface area contributed by atoms with Gasteiger partial charge < -0.3 is 19.8 Å². The second-order valence-electron chi connectivity index (χ2n) is 5.99. The largest absolute Gasteiger partial charge is 0.495 e. The highest BCUT2D eigenvalue weighted by Crippen LogP contribution is 2.27. The van der Waals surface area contributed by atoms with E-state index in [1.54, 1.807) is 26.0 Å². The van der Waals surface area contributed by atoms with Crippen molar-refractivity contribution in [3.05, 3.63) is 47.9 Å². The highest BCUT2D eigenvalue weighted by atomic mass is 32.2. The van der Waals surface area contributed by atoms with Crippen LogP contribution in [0.15, 0.2) is 45.9 Å². The van der Waals surface area contributed by atoms with Crippen molar-refractivity contribution in [3.8, 4) is 5.75 Å². The fraction of sp³-hybridized carbons (Fsp3) is 0.368. The molecule has 29 heavy (non-hydrogen) atoms. The predicted molar refractivity (Wildman–Crippen MR) is 106 cm³/mol. The summed E-state index contributed by atoms with van der Waals surface area (Å²) in [5, 5.41) is 5.08. The molecule has 2 N–H and O–H groups in total. The maximum absolute atomic E-state index is 12.9. The highest BCUT2D eigenvalue weighted by molar-refractivity contribution is 7.89. The zero-order valence-electron chi connectivity index (χ0n) is 16.6. The number of nitrogens with zero attached hydrogens (tertiary/aromatic N) is 1. The van der Waals surface area contributed by atoms with Crippen molar-refractivity contribution >= 4 is 21.8 Å². The summed E-state index contributed by atoms with van der Waals surface area (Å²) in [4.78, 5) is 24.2. The second kappa shape index (κ2) is 10.1. The summed E-state index contributed by atoms with van der Waals surface area (Å²) in [5.74, 6) is -0.244. The molecular formula is C19H25N3O6S. The minimum atomic E-state index is -3.83. The molecule has 0 aliphatic carbocycles. The van der Waals surface area contributed by atoms with Crippen LogP contribution in [0.5, 0.6) is 5.75 Å². The zero-order chi connectivity index (χ0) is 21.4. The molecule has 0 spiro atoms. The fourth-order valence-corrected chi connectivity index (χ4v) is 4.29. The van der Waals surface area contributed by atoms with Crippen LogP contribution in [0.3, 0.4) is 0 Å². The third-order valence-corrected chi connectivity index (χ3v) is 6.27. The Morgan fingerprint density at radius 1 is 1.14 bits per heavy atom. The monoisotopic (exact) mass is 423 g/mol. The highest BCUT2D eigenvalue weighted by Gasteiger charge is 2.26. The number of hydrogen-bond acceptors (Lipinski definition) is 6. The Morgan fingerprint density at radius 2 is 1.86 bits per heavy atom. The molecule has 9 nitrogen and oxygen atoms in total. The second-order valence-corrected chi connectivity index (χ2v) is 7.90. The summed E-state index contributed by atoms with van der Waals surface area (Å²) in [7, 11) is -2.47. The van der Waals surface area contributed by atoms with Crippen LogP contribution in [0.1, 0.15) is 30.0 Å². The summed E-state index contributed by atoms with van der Waals surface area (Å²) in [6, 6.07) is 7.53. The lowest BCUT2D eigenvalue weighted by atomic mass is 10.2. The first-order valence-corrected chi connectivity index (χ1v) is 10.5. The maximum atomic E-state index is 12.9. The lowest BCUT2D eigenvalue weighted by molar-refractivity contribution is -0.120. The topological polar surface area (TPSA) is 118 Å². The van der Waals surface area contributed by atoms with E-state index in [1.165, 1.54) is 35.9 Å². The van der Waals surface area contributed by atoms with E-state index in [-0.39, 0.29) is 42.4 Å². The number of methoxy groups -OCH3 is 1. The number of amides is 2. The van der Waals surface area contributed by atoms with Crippen LogP contribution in [0, 0.1) is 0 Å². The maximum Gasteiger partial charge on any atom is 0.251 e. The van der Waals surface area contributed by atoms with Crippen molar-refractivity contribution in [2.45, 2.75) is 25.3 Å². The fourth-order valence-electron chi connectivity index (χ4n) is 2.65. The Balaban J connectivity index is 2.09. The molecule has 1 aromatic carbocycles. The average Bonchev–Trinajstić information content (AvgIpc) is 3.24. The van der Waals surface area contributed by atoms with Gasteiger partial charge in [0.25, 0.3) is 5.91 Å². The van der Waals surface area contributed by atoms with Crippen LogP contribution in [0.25, 0.3) is 0 Å². The summed E-state index contributed by atoms with van der Waals surface area (Å²) < 4.78 is 37.2. The van der Waals surface area contributed by atoms with Gasteiger partial charge in [-0.15, -0.1) is 0 Å². The minimum Gasteiger partial charge on any atom is -0.495 e. The van der Waals surface area contributed by atoms with Crippen molar-refractivity contribution in [2.24, 2.45) is 0 Å². The number of nitrogens with one attached hydrogen (secondary N) is 2. The molecule has 0 aliphatic heterocycles. The first-order valence-electron chi connectivity index (χ1n) is 9.08. The number of sulfonamides is 1. The molecule has 158 valence electrons. The summed E-state index contributed by atoms with van der Waals surface area (Å²) in [5.41, 5.74) is 0.107. The van der Waals surface area contributed by atoms with E-state index in [4.69, 9.17) is 9.15 Å². The number of carbonyl (C=O) groups is 2. The molecule has 10 heteroatoms. The quantitative estimate of drug-likeness (QED) is 0.596. The minimum absolute atomic E-state index is 0.0985. The van der Waals surface area contributed by atoms with Gasteiger partial charge >= 0.3 is 0 Å². The van der Waals surface area contributed by atoms with Crippen molar-refractivity contribution in [1.29, 1.82) is 0 Å². The Labute approximate surface area is 170 Å². The molecule has 0 unspecified atom stereocenters. The van der Waals surface area contributed by atoms with Gasteiger partial charge in [0.1, 0.15) is 16.4 Å². The lowest BCUT2D eigenvalue weighted by Crippen LogP contribution is -2.36. The van der Waals surface area contributed by atoms with E-state index in [0.717, 1.165) is 0 Å². The van der Waals surface area contributed by atoms with Crippen molar-refractivity contribution < 1.29 is 27.2 Å². The molecule has 2 rings (SSSR count). The normalized spacial score (nSPS) is 11.3. The van der Waals surface area contributed by atoms with E-state index in [9.17, 15) is 18.0 Å². The van der Waals surface area contributed by atoms with E-state index in [0.29, 0.717) is 5.76 Å². The van der Waals surface area contributed by atoms with E-state index >= 15 is 0 Å². The number of benzene rings is 1. The number of ether oxygens (including phenoxy) is 1. The predicted octanol–water partition coefficient (Wildman–Crippen LogP) is 1.36. The van der Waals surface area contributed by atoms with Crippen LogP contribution >= 0.6 is 0 Å². The Hall–Kier alpha value is -2.85. The third kappa shape index (κ3) is 5.58. The standard InChI is InChI=1S/C19H25N3O6S/c1-4-22(5-2)29(25,26)17-11-14(8-9-16(17)27-3)19(24)21-13-18(23)20-12-15-7-6-10-28-15/h6-11H,4-5,12-13H2,1-3H3,(H,20,23)(H,21,24). The molecule has 0 fully saturated rings. The Morgan fingerprint density at radius 3 is 2.45 bits per heavy atom. The van der Waals surface area contributed by atoms with E-state index in [1.807, 2.05) is 0 Å². The van der Waals surface area contributed by atoms with Gasteiger partial charge in [0.05, 0.1) is 26.5 Å². The lowest BCUT2D eigenvalue weighted by Gasteiger charge is -2.20. The zero-order valence-corrected chi connectivity index (χ0v) is 17.4. The van der Waals surface area contributed by atoms with Gasteiger partial charge in [-0.2, -0.15) is 4.31 Å². The van der Waals surface area contributed by atoms with Crippen molar-refractivity contribution in [2.75, 3.05) is 26.7 Å². The molecule has 2 amide bonds. The molecule has 0 radical (unpaired) electrons. The van der Waals surface area contributed by atoms with E-state index in [2.05, 4.69) is 10.6 Å². The number of carbonyl (C=O) groups excluding carboxylic acids is 2. The molecule has 0 bridgehead atoms. The van der Waals surface area contributed by atoms with Gasteiger partial charge in [0.2, 0.25) is 15.9 Å². The molecule has 0 aliphatic rings. The number of rotatable bonds is 10. The van der Waals surface area contributed by atoms with Gasteiger partial charge in [-0.25, -0.2) is 8.42 Å². The molecule has 2 aromatic rings. The summed E-state index contributed by atoms with van der Waals surface area (Å²) in [6.45, 7) is 3.97. The van der Waals surface area contributed by atoms with Crippen LogP contribution in [-0.4, -0.2) is 51.3 Å². The van der Waals surface area contributed by atoms with E-state index < -0.39 is 21.8 Å². The molecule has 1 aromatic heterocycles. The van der Waals surface area contributed by atoms with Gasteiger partial charge in [-0.05, 0) is 30.3 Å². The van der Waals surface area contributed by atoms with Gasteiger partial charge in [0.15, 0.2) is 0 Å². The molecule has 0 saturated carbocycles.